The zero-order chi connectivity index (χ0) is 23.3. The molecular weight excluding hydrogens is 412 g/mol. The number of imidazole rings is 1. The van der Waals surface area contributed by atoms with Crippen molar-refractivity contribution in [3.63, 3.8) is 0 Å². The Morgan fingerprint density at radius 1 is 1.25 bits per heavy atom. The summed E-state index contributed by atoms with van der Waals surface area (Å²) >= 11 is 0. The number of aromatic amines is 1. The van der Waals surface area contributed by atoms with Gasteiger partial charge in [-0.2, -0.15) is 0 Å². The zero-order valence-electron chi connectivity index (χ0n) is 17.4. The number of aliphatic carboxylic acids is 2. The van der Waals surface area contributed by atoms with Crippen molar-refractivity contribution in [3.8, 4) is 12.3 Å². The molecule has 0 saturated heterocycles. The first-order chi connectivity index (χ1) is 15.3. The number of fused-ring (bicyclic) bond motifs is 3. The van der Waals surface area contributed by atoms with Gasteiger partial charge in [0.1, 0.15) is 0 Å². The van der Waals surface area contributed by atoms with Crippen LogP contribution in [-0.2, 0) is 29.1 Å². The number of carbonyl (C=O) groups is 3. The van der Waals surface area contributed by atoms with Gasteiger partial charge in [0, 0.05) is 47.4 Å². The largest absolute Gasteiger partial charge is 0.478 e. The number of benzene rings is 1. The Bertz CT molecular complexity index is 1230. The minimum absolute atomic E-state index is 0.0608. The monoisotopic (exact) mass is 434 g/mol. The van der Waals surface area contributed by atoms with Crippen LogP contribution in [0.1, 0.15) is 27.4 Å². The fraction of sp³-hybridized carbons (Fsp3) is 0.217. The first-order valence-corrected chi connectivity index (χ1v) is 9.79. The number of carboxylic acids is 2. The van der Waals surface area contributed by atoms with Crippen molar-refractivity contribution in [1.29, 1.82) is 0 Å². The average molecular weight is 434 g/mol. The normalized spacial score (nSPS) is 12.9. The minimum Gasteiger partial charge on any atom is -0.478 e. The Labute approximate surface area is 184 Å². The number of para-hydroxylation sites is 1. The molecule has 0 saturated carbocycles. The molecule has 4 rings (SSSR count). The number of H-pyrrole nitrogens is 1. The van der Waals surface area contributed by atoms with E-state index in [1.807, 2.05) is 36.1 Å². The van der Waals surface area contributed by atoms with Crippen LogP contribution in [0.15, 0.2) is 42.7 Å². The smallest absolute Gasteiger partial charge is 0.328 e. The lowest BCUT2D eigenvalue weighted by Crippen LogP contribution is -2.37. The highest BCUT2D eigenvalue weighted by molar-refractivity contribution is 6.09. The molecule has 0 aliphatic carbocycles. The van der Waals surface area contributed by atoms with Gasteiger partial charge in [-0.05, 0) is 13.0 Å². The molecule has 0 radical (unpaired) electrons. The Morgan fingerprint density at radius 3 is 2.53 bits per heavy atom. The first kappa shape index (κ1) is 22.4. The molecule has 32 heavy (non-hydrogen) atoms. The summed E-state index contributed by atoms with van der Waals surface area (Å²) < 4.78 is 2.10. The molecule has 0 unspecified atom stereocenters. The van der Waals surface area contributed by atoms with Crippen molar-refractivity contribution in [2.45, 2.75) is 26.4 Å². The van der Waals surface area contributed by atoms with E-state index in [-0.39, 0.29) is 5.91 Å². The SMILES string of the molecule is C#CCn1c2c(c3ccccc31)C(=O)N(Cc1nc[nH]c1C)CC2.O=C(O)C=CC(=O)O. The van der Waals surface area contributed by atoms with E-state index in [1.165, 1.54) is 0 Å². The predicted molar refractivity (Wildman–Crippen MR) is 117 cm³/mol. The molecule has 2 aromatic heterocycles. The highest BCUT2D eigenvalue weighted by Gasteiger charge is 2.30. The zero-order valence-corrected chi connectivity index (χ0v) is 17.4. The van der Waals surface area contributed by atoms with Crippen molar-refractivity contribution in [3.05, 3.63) is 65.4 Å². The van der Waals surface area contributed by atoms with Gasteiger partial charge in [-0.25, -0.2) is 14.6 Å². The van der Waals surface area contributed by atoms with E-state index >= 15 is 0 Å². The molecule has 0 atom stereocenters. The van der Waals surface area contributed by atoms with Gasteiger partial charge in [-0.15, -0.1) is 6.42 Å². The van der Waals surface area contributed by atoms with Crippen molar-refractivity contribution in [2.75, 3.05) is 6.54 Å². The number of carboxylic acid groups (broad SMARTS) is 2. The highest BCUT2D eigenvalue weighted by atomic mass is 16.4. The van der Waals surface area contributed by atoms with Crippen LogP contribution in [-0.4, -0.2) is 54.0 Å². The molecule has 3 N–H and O–H groups in total. The fourth-order valence-electron chi connectivity index (χ4n) is 3.65. The summed E-state index contributed by atoms with van der Waals surface area (Å²) in [4.78, 5) is 41.5. The lowest BCUT2D eigenvalue weighted by molar-refractivity contribution is -0.134. The molecule has 1 amide bonds. The summed E-state index contributed by atoms with van der Waals surface area (Å²) in [6.07, 6.45) is 9.13. The molecule has 1 aliphatic heterocycles. The van der Waals surface area contributed by atoms with Gasteiger partial charge in [-0.1, -0.05) is 24.1 Å². The van der Waals surface area contributed by atoms with Crippen LogP contribution in [0, 0.1) is 19.3 Å². The van der Waals surface area contributed by atoms with E-state index in [4.69, 9.17) is 16.6 Å². The number of carbonyl (C=O) groups excluding carboxylic acids is 1. The number of rotatable bonds is 5. The third-order valence-corrected chi connectivity index (χ3v) is 5.09. The maximum absolute atomic E-state index is 13.1. The summed E-state index contributed by atoms with van der Waals surface area (Å²) in [5.41, 5.74) is 4.79. The lowest BCUT2D eigenvalue weighted by atomic mass is 10.0. The molecule has 9 heteroatoms. The Kier molecular flexibility index (Phi) is 6.75. The van der Waals surface area contributed by atoms with Crippen molar-refractivity contribution in [2.24, 2.45) is 0 Å². The van der Waals surface area contributed by atoms with E-state index in [9.17, 15) is 14.4 Å². The summed E-state index contributed by atoms with van der Waals surface area (Å²) in [5.74, 6) is 0.253. The predicted octanol–water partition coefficient (Wildman–Crippen LogP) is 2.22. The minimum atomic E-state index is -1.26. The van der Waals surface area contributed by atoms with Gasteiger partial charge in [0.2, 0.25) is 0 Å². The number of hydrogen-bond acceptors (Lipinski definition) is 4. The molecule has 3 heterocycles. The Morgan fingerprint density at radius 2 is 1.94 bits per heavy atom. The number of aromatic nitrogens is 3. The van der Waals surface area contributed by atoms with Crippen LogP contribution in [0.4, 0.5) is 0 Å². The molecule has 0 fully saturated rings. The summed E-state index contributed by atoms with van der Waals surface area (Å²) in [6.45, 7) is 3.67. The van der Waals surface area contributed by atoms with Crippen LogP contribution in [0.5, 0.6) is 0 Å². The molecule has 1 aromatic carbocycles. The molecule has 0 spiro atoms. The summed E-state index contributed by atoms with van der Waals surface area (Å²) in [6, 6.07) is 7.98. The molecular formula is C23H22N4O5. The van der Waals surface area contributed by atoms with Gasteiger partial charge in [0.25, 0.3) is 5.91 Å². The Hall–Kier alpha value is -4.32. The number of hydrogen-bond donors (Lipinski definition) is 3. The van der Waals surface area contributed by atoms with Crippen LogP contribution in [0.2, 0.25) is 0 Å². The quantitative estimate of drug-likeness (QED) is 0.417. The van der Waals surface area contributed by atoms with Gasteiger partial charge in [-0.3, -0.25) is 4.79 Å². The fourth-order valence-corrected chi connectivity index (χ4v) is 3.65. The average Bonchev–Trinajstić information content (AvgIpc) is 3.31. The third-order valence-electron chi connectivity index (χ3n) is 5.09. The van der Waals surface area contributed by atoms with Crippen molar-refractivity contribution < 1.29 is 24.6 Å². The second kappa shape index (κ2) is 9.66. The maximum atomic E-state index is 13.1. The molecule has 1 aliphatic rings. The lowest BCUT2D eigenvalue weighted by Gasteiger charge is -2.27. The third kappa shape index (κ3) is 4.70. The van der Waals surface area contributed by atoms with E-state index in [0.717, 1.165) is 40.0 Å². The number of nitrogens with zero attached hydrogens (tertiary/aromatic N) is 3. The summed E-state index contributed by atoms with van der Waals surface area (Å²) in [7, 11) is 0. The van der Waals surface area contributed by atoms with Crippen molar-refractivity contribution in [1.82, 2.24) is 19.4 Å². The Balaban J connectivity index is 0.000000312. The second-order valence-corrected chi connectivity index (χ2v) is 7.09. The van der Waals surface area contributed by atoms with Crippen LogP contribution >= 0.6 is 0 Å². The van der Waals surface area contributed by atoms with Gasteiger partial charge in [0.15, 0.2) is 0 Å². The topological polar surface area (TPSA) is 129 Å². The number of terminal acetylenes is 1. The number of amides is 1. The standard InChI is InChI=1S/C19H18N4O.C4H4O4/c1-3-9-23-16-7-5-4-6-14(16)18-17(23)8-10-22(19(18)24)11-15-13(2)20-12-21-15;5-3(6)1-2-4(7)8/h1,4-7,12H,8-11H2,2H3,(H,20,21);1-2H,(H,5,6)(H,7,8). The molecule has 9 nitrogen and oxygen atoms in total. The highest BCUT2D eigenvalue weighted by Crippen LogP contribution is 2.31. The maximum Gasteiger partial charge on any atom is 0.328 e. The van der Waals surface area contributed by atoms with Gasteiger partial charge in [0.05, 0.1) is 30.7 Å². The van der Waals surface area contributed by atoms with Crippen LogP contribution < -0.4 is 0 Å². The second-order valence-electron chi connectivity index (χ2n) is 7.09. The van der Waals surface area contributed by atoms with E-state index in [2.05, 4.69) is 20.5 Å². The number of aryl methyl sites for hydroxylation is 1. The number of nitrogens with one attached hydrogen (secondary N) is 1. The van der Waals surface area contributed by atoms with Gasteiger partial charge >= 0.3 is 11.9 Å². The molecule has 0 bridgehead atoms. The van der Waals surface area contributed by atoms with E-state index in [0.29, 0.717) is 31.8 Å². The summed E-state index contributed by atoms with van der Waals surface area (Å²) in [5, 5.41) is 16.6. The molecule has 164 valence electrons. The van der Waals surface area contributed by atoms with E-state index < -0.39 is 11.9 Å². The molecule has 3 aromatic rings. The van der Waals surface area contributed by atoms with Crippen LogP contribution in [0.25, 0.3) is 10.9 Å². The van der Waals surface area contributed by atoms with E-state index in [1.54, 1.807) is 6.33 Å². The van der Waals surface area contributed by atoms with Crippen LogP contribution in [0.3, 0.4) is 0 Å². The van der Waals surface area contributed by atoms with Gasteiger partial charge < -0.3 is 24.7 Å². The first-order valence-electron chi connectivity index (χ1n) is 9.79. The van der Waals surface area contributed by atoms with Crippen molar-refractivity contribution >= 4 is 28.7 Å².